The molecule has 0 heterocycles. The van der Waals surface area contributed by atoms with Gasteiger partial charge in [-0.15, -0.1) is 0 Å². The molecule has 102 valence electrons. The molecule has 0 bridgehead atoms. The van der Waals surface area contributed by atoms with E-state index in [2.05, 4.69) is 52.9 Å². The highest BCUT2D eigenvalue weighted by Gasteiger charge is 2.17. The predicted octanol–water partition coefficient (Wildman–Crippen LogP) is 4.76. The molecule has 0 spiro atoms. The highest BCUT2D eigenvalue weighted by atomic mass is 14.9. The average molecular weight is 247 g/mol. The summed E-state index contributed by atoms with van der Waals surface area (Å²) in [5.41, 5.74) is 7.34. The Bertz CT molecular complexity index is 367. The molecule has 0 aliphatic carbocycles. The second kappa shape index (κ2) is 6.94. The number of aryl methyl sites for hydroxylation is 2. The molecule has 1 atom stereocenters. The van der Waals surface area contributed by atoms with E-state index in [1.807, 2.05) is 0 Å². The van der Waals surface area contributed by atoms with Crippen molar-refractivity contribution in [3.8, 4) is 0 Å². The van der Waals surface area contributed by atoms with E-state index in [1.54, 1.807) is 5.56 Å². The van der Waals surface area contributed by atoms with Crippen LogP contribution in [0, 0.1) is 27.7 Å². The molecule has 1 rings (SSSR count). The summed E-state index contributed by atoms with van der Waals surface area (Å²) in [6.45, 7) is 14.6. The van der Waals surface area contributed by atoms with Gasteiger partial charge in [-0.05, 0) is 74.9 Å². The maximum atomic E-state index is 3.72. The minimum Gasteiger partial charge on any atom is -0.310 e. The normalized spacial score (nSPS) is 12.8. The van der Waals surface area contributed by atoms with E-state index in [1.165, 1.54) is 41.5 Å². The van der Waals surface area contributed by atoms with Crippen molar-refractivity contribution in [3.05, 3.63) is 33.9 Å². The third-order valence-electron chi connectivity index (χ3n) is 3.99. The molecule has 0 saturated heterocycles. The molecule has 0 aliphatic rings. The SMILES string of the molecule is CCCNC(CCC)c1c(C)c(C)cc(C)c1C. The lowest BCUT2D eigenvalue weighted by Gasteiger charge is -2.25. The van der Waals surface area contributed by atoms with Crippen LogP contribution in [-0.4, -0.2) is 6.54 Å². The fourth-order valence-corrected chi connectivity index (χ4v) is 2.73. The quantitative estimate of drug-likeness (QED) is 0.764. The van der Waals surface area contributed by atoms with Gasteiger partial charge in [0.2, 0.25) is 0 Å². The first-order valence-electron chi connectivity index (χ1n) is 7.33. The van der Waals surface area contributed by atoms with E-state index in [0.29, 0.717) is 6.04 Å². The lowest BCUT2D eigenvalue weighted by molar-refractivity contribution is 0.489. The number of benzene rings is 1. The topological polar surface area (TPSA) is 12.0 Å². The van der Waals surface area contributed by atoms with Crippen molar-refractivity contribution in [2.45, 2.75) is 66.8 Å². The van der Waals surface area contributed by atoms with Gasteiger partial charge in [0, 0.05) is 6.04 Å². The summed E-state index contributed by atoms with van der Waals surface area (Å²) < 4.78 is 0. The van der Waals surface area contributed by atoms with Crippen molar-refractivity contribution in [1.82, 2.24) is 5.32 Å². The molecule has 0 amide bonds. The lowest BCUT2D eigenvalue weighted by Crippen LogP contribution is -2.24. The van der Waals surface area contributed by atoms with Gasteiger partial charge < -0.3 is 5.32 Å². The molecule has 0 aromatic heterocycles. The van der Waals surface area contributed by atoms with Crippen LogP contribution in [0.25, 0.3) is 0 Å². The third kappa shape index (κ3) is 3.35. The molecule has 18 heavy (non-hydrogen) atoms. The van der Waals surface area contributed by atoms with Crippen molar-refractivity contribution in [3.63, 3.8) is 0 Å². The van der Waals surface area contributed by atoms with Crippen molar-refractivity contribution < 1.29 is 0 Å². The summed E-state index contributed by atoms with van der Waals surface area (Å²) in [5, 5.41) is 3.72. The average Bonchev–Trinajstić information content (AvgIpc) is 2.33. The minimum atomic E-state index is 0.522. The van der Waals surface area contributed by atoms with E-state index in [-0.39, 0.29) is 0 Å². The van der Waals surface area contributed by atoms with E-state index >= 15 is 0 Å². The van der Waals surface area contributed by atoms with Crippen molar-refractivity contribution >= 4 is 0 Å². The van der Waals surface area contributed by atoms with Crippen LogP contribution in [0.5, 0.6) is 0 Å². The first kappa shape index (κ1) is 15.2. The molecule has 0 fully saturated rings. The first-order chi connectivity index (χ1) is 8.52. The highest BCUT2D eigenvalue weighted by Crippen LogP contribution is 2.29. The van der Waals surface area contributed by atoms with Gasteiger partial charge in [0.25, 0.3) is 0 Å². The molecule has 1 unspecified atom stereocenters. The zero-order valence-corrected chi connectivity index (χ0v) is 13.0. The molecular weight excluding hydrogens is 218 g/mol. The minimum absolute atomic E-state index is 0.522. The monoisotopic (exact) mass is 247 g/mol. The van der Waals surface area contributed by atoms with E-state index in [4.69, 9.17) is 0 Å². The van der Waals surface area contributed by atoms with Gasteiger partial charge in [-0.3, -0.25) is 0 Å². The number of hydrogen-bond donors (Lipinski definition) is 1. The van der Waals surface area contributed by atoms with E-state index in [0.717, 1.165) is 6.54 Å². The molecule has 1 aromatic carbocycles. The van der Waals surface area contributed by atoms with Crippen LogP contribution in [0.2, 0.25) is 0 Å². The van der Waals surface area contributed by atoms with Gasteiger partial charge >= 0.3 is 0 Å². The van der Waals surface area contributed by atoms with Gasteiger partial charge in [0.15, 0.2) is 0 Å². The zero-order chi connectivity index (χ0) is 13.7. The van der Waals surface area contributed by atoms with Gasteiger partial charge in [-0.25, -0.2) is 0 Å². The van der Waals surface area contributed by atoms with Crippen molar-refractivity contribution in [2.24, 2.45) is 0 Å². The van der Waals surface area contributed by atoms with Crippen molar-refractivity contribution in [1.29, 1.82) is 0 Å². The van der Waals surface area contributed by atoms with Gasteiger partial charge in [0.05, 0.1) is 0 Å². The summed E-state index contributed by atoms with van der Waals surface area (Å²) in [5.74, 6) is 0. The molecule has 1 N–H and O–H groups in total. The van der Waals surface area contributed by atoms with Crippen LogP contribution in [0.3, 0.4) is 0 Å². The highest BCUT2D eigenvalue weighted by molar-refractivity contribution is 5.45. The van der Waals surface area contributed by atoms with Gasteiger partial charge in [-0.2, -0.15) is 0 Å². The van der Waals surface area contributed by atoms with E-state index in [9.17, 15) is 0 Å². The Morgan fingerprint density at radius 1 is 0.944 bits per heavy atom. The molecule has 0 saturated carbocycles. The number of rotatable bonds is 6. The maximum absolute atomic E-state index is 3.72. The second-order valence-electron chi connectivity index (χ2n) is 5.47. The first-order valence-corrected chi connectivity index (χ1v) is 7.33. The van der Waals surface area contributed by atoms with Crippen LogP contribution in [0.15, 0.2) is 6.07 Å². The van der Waals surface area contributed by atoms with Gasteiger partial charge in [-0.1, -0.05) is 26.3 Å². The Morgan fingerprint density at radius 3 is 1.94 bits per heavy atom. The van der Waals surface area contributed by atoms with Gasteiger partial charge in [0.1, 0.15) is 0 Å². The Hall–Kier alpha value is -0.820. The Balaban J connectivity index is 3.17. The van der Waals surface area contributed by atoms with Crippen LogP contribution in [-0.2, 0) is 0 Å². The van der Waals surface area contributed by atoms with Crippen LogP contribution in [0.4, 0.5) is 0 Å². The summed E-state index contributed by atoms with van der Waals surface area (Å²) in [6.07, 6.45) is 3.65. The summed E-state index contributed by atoms with van der Waals surface area (Å²) >= 11 is 0. The standard InChI is InChI=1S/C17H29N/c1-7-9-16(18-10-8-2)17-14(5)12(3)11-13(4)15(17)6/h11,16,18H,7-10H2,1-6H3. The summed E-state index contributed by atoms with van der Waals surface area (Å²) in [4.78, 5) is 0. The Morgan fingerprint density at radius 2 is 1.50 bits per heavy atom. The third-order valence-corrected chi connectivity index (χ3v) is 3.99. The molecule has 0 radical (unpaired) electrons. The predicted molar refractivity (Wildman–Crippen MR) is 81.3 cm³/mol. The molecule has 1 aromatic rings. The zero-order valence-electron chi connectivity index (χ0n) is 13.0. The van der Waals surface area contributed by atoms with E-state index < -0.39 is 0 Å². The molecule has 1 heteroatoms. The lowest BCUT2D eigenvalue weighted by atomic mass is 9.88. The van der Waals surface area contributed by atoms with Crippen molar-refractivity contribution in [2.75, 3.05) is 6.54 Å². The van der Waals surface area contributed by atoms with Crippen LogP contribution >= 0.6 is 0 Å². The molecule has 1 nitrogen and oxygen atoms in total. The number of hydrogen-bond acceptors (Lipinski definition) is 1. The second-order valence-corrected chi connectivity index (χ2v) is 5.47. The Kier molecular flexibility index (Phi) is 5.87. The smallest absolute Gasteiger partial charge is 0.0325 e. The fraction of sp³-hybridized carbons (Fsp3) is 0.647. The molecular formula is C17H29N. The summed E-state index contributed by atoms with van der Waals surface area (Å²) in [7, 11) is 0. The van der Waals surface area contributed by atoms with Crippen LogP contribution < -0.4 is 5.32 Å². The Labute approximate surface area is 113 Å². The number of nitrogens with one attached hydrogen (secondary N) is 1. The fourth-order valence-electron chi connectivity index (χ4n) is 2.73. The summed E-state index contributed by atoms with van der Waals surface area (Å²) in [6, 6.07) is 2.84. The maximum Gasteiger partial charge on any atom is 0.0325 e. The molecule has 0 aliphatic heterocycles. The largest absolute Gasteiger partial charge is 0.310 e. The van der Waals surface area contributed by atoms with Crippen LogP contribution in [0.1, 0.15) is 67.0 Å².